The highest BCUT2D eigenvalue weighted by atomic mass is 16.5. The van der Waals surface area contributed by atoms with Crippen molar-refractivity contribution in [1.29, 1.82) is 0 Å². The van der Waals surface area contributed by atoms with E-state index in [2.05, 4.69) is 10.6 Å². The molecule has 0 atom stereocenters. The van der Waals surface area contributed by atoms with Gasteiger partial charge in [-0.1, -0.05) is 12.1 Å². The smallest absolute Gasteiger partial charge is 0.314 e. The van der Waals surface area contributed by atoms with Gasteiger partial charge in [-0.15, -0.1) is 0 Å². The van der Waals surface area contributed by atoms with Crippen molar-refractivity contribution < 1.29 is 14.6 Å². The van der Waals surface area contributed by atoms with Crippen LogP contribution in [0, 0.1) is 0 Å². The molecular weight excluding hydrogens is 220 g/mol. The summed E-state index contributed by atoms with van der Waals surface area (Å²) in [7, 11) is 1.62. The van der Waals surface area contributed by atoms with Gasteiger partial charge in [-0.05, 0) is 24.1 Å². The van der Waals surface area contributed by atoms with E-state index >= 15 is 0 Å². The van der Waals surface area contributed by atoms with Crippen molar-refractivity contribution in [2.45, 2.75) is 6.42 Å². The molecule has 0 aliphatic rings. The van der Waals surface area contributed by atoms with E-state index < -0.39 is 0 Å². The summed E-state index contributed by atoms with van der Waals surface area (Å²) in [6, 6.07) is 7.45. The molecule has 0 saturated carbocycles. The molecule has 0 aromatic heterocycles. The molecule has 0 spiro atoms. The SMILES string of the molecule is COc1cccc(CCNC(=O)NCCO)c1. The second-order valence-corrected chi connectivity index (χ2v) is 3.51. The number of nitrogens with one attached hydrogen (secondary N) is 2. The minimum absolute atomic E-state index is 0.0523. The summed E-state index contributed by atoms with van der Waals surface area (Å²) >= 11 is 0. The average molecular weight is 238 g/mol. The first-order valence-corrected chi connectivity index (χ1v) is 5.51. The van der Waals surface area contributed by atoms with E-state index in [1.54, 1.807) is 7.11 Å². The highest BCUT2D eigenvalue weighted by Crippen LogP contribution is 2.12. The van der Waals surface area contributed by atoms with Crippen LogP contribution in [-0.2, 0) is 6.42 Å². The molecule has 5 nitrogen and oxygen atoms in total. The monoisotopic (exact) mass is 238 g/mol. The van der Waals surface area contributed by atoms with Gasteiger partial charge in [0.25, 0.3) is 0 Å². The minimum atomic E-state index is -0.262. The molecule has 2 amide bonds. The number of urea groups is 1. The highest BCUT2D eigenvalue weighted by Gasteiger charge is 1.99. The fourth-order valence-corrected chi connectivity index (χ4v) is 1.38. The number of aliphatic hydroxyl groups is 1. The lowest BCUT2D eigenvalue weighted by Gasteiger charge is -2.07. The van der Waals surface area contributed by atoms with E-state index in [4.69, 9.17) is 9.84 Å². The Hall–Kier alpha value is -1.75. The fraction of sp³-hybridized carbons (Fsp3) is 0.417. The Morgan fingerprint density at radius 1 is 1.35 bits per heavy atom. The molecule has 0 unspecified atom stereocenters. The summed E-state index contributed by atoms with van der Waals surface area (Å²) in [5.74, 6) is 0.812. The van der Waals surface area contributed by atoms with Crippen molar-refractivity contribution in [1.82, 2.24) is 10.6 Å². The topological polar surface area (TPSA) is 70.6 Å². The largest absolute Gasteiger partial charge is 0.497 e. The van der Waals surface area contributed by atoms with E-state index in [0.29, 0.717) is 6.54 Å². The number of amides is 2. The van der Waals surface area contributed by atoms with Crippen LogP contribution in [0.1, 0.15) is 5.56 Å². The van der Waals surface area contributed by atoms with Crippen LogP contribution >= 0.6 is 0 Å². The first-order chi connectivity index (χ1) is 8.26. The van der Waals surface area contributed by atoms with Gasteiger partial charge < -0.3 is 20.5 Å². The van der Waals surface area contributed by atoms with E-state index in [0.717, 1.165) is 17.7 Å². The number of aliphatic hydroxyl groups excluding tert-OH is 1. The summed E-state index contributed by atoms with van der Waals surface area (Å²) in [6.45, 7) is 0.763. The Kier molecular flexibility index (Phi) is 5.88. The molecule has 3 N–H and O–H groups in total. The molecule has 17 heavy (non-hydrogen) atoms. The van der Waals surface area contributed by atoms with Gasteiger partial charge in [-0.3, -0.25) is 0 Å². The third-order valence-corrected chi connectivity index (χ3v) is 2.23. The van der Waals surface area contributed by atoms with Crippen molar-refractivity contribution in [3.05, 3.63) is 29.8 Å². The lowest BCUT2D eigenvalue weighted by molar-refractivity contribution is 0.234. The maximum absolute atomic E-state index is 11.2. The molecule has 1 aromatic carbocycles. The molecule has 1 rings (SSSR count). The number of hydrogen-bond donors (Lipinski definition) is 3. The Labute approximate surface area is 101 Å². The van der Waals surface area contributed by atoms with Crippen molar-refractivity contribution in [2.75, 3.05) is 26.8 Å². The van der Waals surface area contributed by atoms with Crippen LogP contribution in [0.25, 0.3) is 0 Å². The summed E-state index contributed by atoms with van der Waals surface area (Å²) in [4.78, 5) is 11.2. The number of ether oxygens (including phenoxy) is 1. The van der Waals surface area contributed by atoms with Crippen LogP contribution in [0.15, 0.2) is 24.3 Å². The fourth-order valence-electron chi connectivity index (χ4n) is 1.38. The number of rotatable bonds is 6. The van der Waals surface area contributed by atoms with Gasteiger partial charge in [0.05, 0.1) is 13.7 Å². The van der Waals surface area contributed by atoms with Crippen LogP contribution in [0.4, 0.5) is 4.79 Å². The summed E-state index contributed by atoms with van der Waals surface area (Å²) in [5, 5.41) is 13.7. The van der Waals surface area contributed by atoms with E-state index in [1.807, 2.05) is 24.3 Å². The third-order valence-electron chi connectivity index (χ3n) is 2.23. The summed E-state index contributed by atoms with van der Waals surface area (Å²) in [6.07, 6.45) is 0.740. The van der Waals surface area contributed by atoms with Crippen LogP contribution in [0.5, 0.6) is 5.75 Å². The predicted octanol–water partition coefficient (Wildman–Crippen LogP) is 0.529. The first kappa shape index (κ1) is 13.3. The minimum Gasteiger partial charge on any atom is -0.497 e. The predicted molar refractivity (Wildman–Crippen MR) is 65.2 cm³/mol. The first-order valence-electron chi connectivity index (χ1n) is 5.51. The van der Waals surface area contributed by atoms with E-state index in [1.165, 1.54) is 0 Å². The second kappa shape index (κ2) is 7.51. The molecule has 0 fully saturated rings. The zero-order chi connectivity index (χ0) is 12.5. The van der Waals surface area contributed by atoms with Crippen LogP contribution in [-0.4, -0.2) is 37.9 Å². The van der Waals surface area contributed by atoms with Gasteiger partial charge in [0.15, 0.2) is 0 Å². The maximum atomic E-state index is 11.2. The molecule has 1 aromatic rings. The third kappa shape index (κ3) is 5.21. The Morgan fingerprint density at radius 2 is 2.12 bits per heavy atom. The number of hydrogen-bond acceptors (Lipinski definition) is 3. The van der Waals surface area contributed by atoms with Crippen LogP contribution in [0.3, 0.4) is 0 Å². The normalized spacial score (nSPS) is 9.76. The quantitative estimate of drug-likeness (QED) is 0.677. The van der Waals surface area contributed by atoms with E-state index in [9.17, 15) is 4.79 Å². The molecule has 0 saturated heterocycles. The molecule has 0 aliphatic carbocycles. The average Bonchev–Trinajstić information content (AvgIpc) is 2.36. The molecule has 0 bridgehead atoms. The number of carbonyl (C=O) groups excluding carboxylic acids is 1. The van der Waals surface area contributed by atoms with Crippen molar-refractivity contribution >= 4 is 6.03 Å². The van der Waals surface area contributed by atoms with Crippen molar-refractivity contribution in [3.63, 3.8) is 0 Å². The number of carbonyl (C=O) groups is 1. The van der Waals surface area contributed by atoms with Gasteiger partial charge in [0.1, 0.15) is 5.75 Å². The lowest BCUT2D eigenvalue weighted by Crippen LogP contribution is -2.37. The Morgan fingerprint density at radius 3 is 2.82 bits per heavy atom. The van der Waals surface area contributed by atoms with Gasteiger partial charge in [0.2, 0.25) is 0 Å². The Bertz CT molecular complexity index is 355. The molecular formula is C12H18N2O3. The molecule has 0 aliphatic heterocycles. The number of benzene rings is 1. The van der Waals surface area contributed by atoms with Gasteiger partial charge in [-0.2, -0.15) is 0 Å². The second-order valence-electron chi connectivity index (χ2n) is 3.51. The van der Waals surface area contributed by atoms with Crippen molar-refractivity contribution in [3.8, 4) is 5.75 Å². The molecule has 0 heterocycles. The molecule has 94 valence electrons. The van der Waals surface area contributed by atoms with Gasteiger partial charge in [0, 0.05) is 13.1 Å². The zero-order valence-corrected chi connectivity index (χ0v) is 9.90. The van der Waals surface area contributed by atoms with E-state index in [-0.39, 0.29) is 19.2 Å². The standard InChI is InChI=1S/C12H18N2O3/c1-17-11-4-2-3-10(9-11)5-6-13-12(16)14-7-8-15/h2-4,9,15H,5-8H2,1H3,(H2,13,14,16). The van der Waals surface area contributed by atoms with Crippen LogP contribution in [0.2, 0.25) is 0 Å². The zero-order valence-electron chi connectivity index (χ0n) is 9.90. The van der Waals surface area contributed by atoms with Crippen molar-refractivity contribution in [2.24, 2.45) is 0 Å². The number of methoxy groups -OCH3 is 1. The summed E-state index contributed by atoms with van der Waals surface area (Å²) in [5.41, 5.74) is 1.10. The Balaban J connectivity index is 2.28. The van der Waals surface area contributed by atoms with Gasteiger partial charge >= 0.3 is 6.03 Å². The van der Waals surface area contributed by atoms with Gasteiger partial charge in [-0.25, -0.2) is 4.79 Å². The lowest BCUT2D eigenvalue weighted by atomic mass is 10.1. The van der Waals surface area contributed by atoms with Crippen LogP contribution < -0.4 is 15.4 Å². The summed E-state index contributed by atoms with van der Waals surface area (Å²) < 4.78 is 5.11. The maximum Gasteiger partial charge on any atom is 0.314 e. The molecule has 5 heteroatoms. The molecule has 0 radical (unpaired) electrons. The highest BCUT2D eigenvalue weighted by molar-refractivity contribution is 5.73.